The van der Waals surface area contributed by atoms with Crippen molar-refractivity contribution in [1.29, 1.82) is 5.26 Å². The van der Waals surface area contributed by atoms with E-state index in [-0.39, 0.29) is 0 Å². The molecule has 1 aromatic rings. The highest BCUT2D eigenvalue weighted by molar-refractivity contribution is 5.31. The molecule has 1 aromatic carbocycles. The minimum Gasteiger partial charge on any atom is -0.350 e. The second-order valence-corrected chi connectivity index (χ2v) is 3.99. The predicted octanol–water partition coefficient (Wildman–Crippen LogP) is 2.89. The number of rotatable bonds is 6. The van der Waals surface area contributed by atoms with E-state index in [9.17, 15) is 0 Å². The Morgan fingerprint density at radius 2 is 1.65 bits per heavy atom. The van der Waals surface area contributed by atoms with E-state index in [1.807, 2.05) is 45.0 Å². The summed E-state index contributed by atoms with van der Waals surface area (Å²) < 4.78 is 11.3. The minimum atomic E-state index is -0.586. The summed E-state index contributed by atoms with van der Waals surface area (Å²) >= 11 is 0. The molecular formula is C14H19NO2. The summed E-state index contributed by atoms with van der Waals surface area (Å²) in [5.41, 5.74) is 1.77. The molecule has 92 valence electrons. The maximum Gasteiger partial charge on any atom is 0.169 e. The predicted molar refractivity (Wildman–Crippen MR) is 66.5 cm³/mol. The van der Waals surface area contributed by atoms with E-state index in [2.05, 4.69) is 6.07 Å². The summed E-state index contributed by atoms with van der Waals surface area (Å²) in [5, 5.41) is 8.73. The Kier molecular flexibility index (Phi) is 5.14. The zero-order valence-electron chi connectivity index (χ0n) is 10.7. The summed E-state index contributed by atoms with van der Waals surface area (Å²) in [4.78, 5) is 0. The highest BCUT2D eigenvalue weighted by Crippen LogP contribution is 2.19. The molecule has 0 fully saturated rings. The highest BCUT2D eigenvalue weighted by Gasteiger charge is 2.25. The van der Waals surface area contributed by atoms with Gasteiger partial charge in [0.05, 0.1) is 11.6 Å². The van der Waals surface area contributed by atoms with Crippen LogP contribution in [0.25, 0.3) is 0 Å². The molecule has 0 saturated heterocycles. The zero-order valence-corrected chi connectivity index (χ0v) is 10.7. The summed E-state index contributed by atoms with van der Waals surface area (Å²) in [5.74, 6) is -0.586. The van der Waals surface area contributed by atoms with Gasteiger partial charge in [-0.25, -0.2) is 0 Å². The van der Waals surface area contributed by atoms with Gasteiger partial charge in [-0.05, 0) is 38.5 Å². The first kappa shape index (κ1) is 13.7. The molecular weight excluding hydrogens is 214 g/mol. The topological polar surface area (TPSA) is 42.2 Å². The van der Waals surface area contributed by atoms with Gasteiger partial charge >= 0.3 is 0 Å². The van der Waals surface area contributed by atoms with E-state index in [4.69, 9.17) is 14.7 Å². The fourth-order valence-corrected chi connectivity index (χ4v) is 1.82. The third-order valence-corrected chi connectivity index (χ3v) is 2.51. The van der Waals surface area contributed by atoms with Gasteiger partial charge in [0.1, 0.15) is 0 Å². The number of hydrogen-bond acceptors (Lipinski definition) is 3. The molecule has 17 heavy (non-hydrogen) atoms. The Morgan fingerprint density at radius 3 is 2.06 bits per heavy atom. The third kappa shape index (κ3) is 4.18. The van der Waals surface area contributed by atoms with Crippen LogP contribution in [0.1, 0.15) is 31.9 Å². The van der Waals surface area contributed by atoms with E-state index in [0.29, 0.717) is 25.2 Å². The molecule has 0 aromatic heterocycles. The molecule has 0 radical (unpaired) electrons. The minimum absolute atomic E-state index is 0.586. The molecule has 3 nitrogen and oxygen atoms in total. The Hall–Kier alpha value is -1.37. The van der Waals surface area contributed by atoms with Crippen LogP contribution in [0.3, 0.4) is 0 Å². The van der Waals surface area contributed by atoms with Crippen molar-refractivity contribution in [3.05, 3.63) is 35.4 Å². The van der Waals surface area contributed by atoms with E-state index < -0.39 is 5.79 Å². The van der Waals surface area contributed by atoms with Crippen LogP contribution in [0, 0.1) is 11.3 Å². The normalized spacial score (nSPS) is 11.2. The van der Waals surface area contributed by atoms with Gasteiger partial charge < -0.3 is 9.47 Å². The lowest BCUT2D eigenvalue weighted by Gasteiger charge is -2.29. The molecule has 0 unspecified atom stereocenters. The van der Waals surface area contributed by atoms with Crippen LogP contribution in [0.4, 0.5) is 0 Å². The lowest BCUT2D eigenvalue weighted by molar-refractivity contribution is -0.219. The molecule has 0 aliphatic heterocycles. The van der Waals surface area contributed by atoms with Gasteiger partial charge in [0.2, 0.25) is 0 Å². The van der Waals surface area contributed by atoms with E-state index in [0.717, 1.165) is 5.56 Å². The molecule has 0 bridgehead atoms. The fourth-order valence-electron chi connectivity index (χ4n) is 1.82. The lowest BCUT2D eigenvalue weighted by atomic mass is 10.0. The van der Waals surface area contributed by atoms with Crippen LogP contribution < -0.4 is 0 Å². The Balaban J connectivity index is 2.75. The van der Waals surface area contributed by atoms with Gasteiger partial charge in [-0.2, -0.15) is 5.26 Å². The average molecular weight is 233 g/mol. The van der Waals surface area contributed by atoms with Crippen molar-refractivity contribution in [2.24, 2.45) is 0 Å². The largest absolute Gasteiger partial charge is 0.350 e. The summed E-state index contributed by atoms with van der Waals surface area (Å²) in [6.07, 6.45) is 0.681. The Labute approximate surface area is 103 Å². The average Bonchev–Trinajstić information content (AvgIpc) is 2.30. The van der Waals surface area contributed by atoms with Gasteiger partial charge in [-0.3, -0.25) is 0 Å². The van der Waals surface area contributed by atoms with Gasteiger partial charge in [0.15, 0.2) is 5.79 Å². The van der Waals surface area contributed by atoms with Gasteiger partial charge in [-0.15, -0.1) is 0 Å². The number of nitriles is 1. The molecule has 0 aliphatic rings. The van der Waals surface area contributed by atoms with Crippen molar-refractivity contribution in [3.63, 3.8) is 0 Å². The first-order chi connectivity index (χ1) is 8.13. The number of ether oxygens (including phenoxy) is 2. The van der Waals surface area contributed by atoms with Crippen molar-refractivity contribution in [3.8, 4) is 6.07 Å². The first-order valence-electron chi connectivity index (χ1n) is 5.90. The smallest absolute Gasteiger partial charge is 0.169 e. The maximum atomic E-state index is 8.73. The quantitative estimate of drug-likeness (QED) is 0.709. The maximum absolute atomic E-state index is 8.73. The monoisotopic (exact) mass is 233 g/mol. The number of hydrogen-bond donors (Lipinski definition) is 0. The van der Waals surface area contributed by atoms with Gasteiger partial charge in [0.25, 0.3) is 0 Å². The van der Waals surface area contributed by atoms with Crippen LogP contribution in [0.15, 0.2) is 24.3 Å². The number of nitrogens with zero attached hydrogens (tertiary/aromatic N) is 1. The van der Waals surface area contributed by atoms with Crippen molar-refractivity contribution < 1.29 is 9.47 Å². The molecule has 0 atom stereocenters. The molecule has 3 heteroatoms. The van der Waals surface area contributed by atoms with E-state index in [1.54, 1.807) is 0 Å². The van der Waals surface area contributed by atoms with Crippen molar-refractivity contribution in [1.82, 2.24) is 0 Å². The van der Waals surface area contributed by atoms with Crippen LogP contribution in [-0.4, -0.2) is 19.0 Å². The van der Waals surface area contributed by atoms with E-state index in [1.165, 1.54) is 0 Å². The van der Waals surface area contributed by atoms with Gasteiger partial charge in [0, 0.05) is 19.6 Å². The van der Waals surface area contributed by atoms with E-state index >= 15 is 0 Å². The summed E-state index contributed by atoms with van der Waals surface area (Å²) in [6, 6.07) is 9.61. The standard InChI is InChI=1S/C14H19NO2/c1-4-16-14(3,17-5-2)10-12-6-8-13(11-15)9-7-12/h6-9H,4-5,10H2,1-3H3. The van der Waals surface area contributed by atoms with Gasteiger partial charge in [-0.1, -0.05) is 12.1 Å². The second-order valence-electron chi connectivity index (χ2n) is 3.99. The third-order valence-electron chi connectivity index (χ3n) is 2.51. The lowest BCUT2D eigenvalue weighted by Crippen LogP contribution is -2.35. The molecule has 0 saturated carbocycles. The molecule has 0 N–H and O–H groups in total. The molecule has 0 heterocycles. The van der Waals surface area contributed by atoms with Crippen LogP contribution in [-0.2, 0) is 15.9 Å². The SMILES string of the molecule is CCOC(C)(Cc1ccc(C#N)cc1)OCC. The summed E-state index contributed by atoms with van der Waals surface area (Å²) in [6.45, 7) is 7.09. The number of benzene rings is 1. The van der Waals surface area contributed by atoms with Crippen LogP contribution in [0.5, 0.6) is 0 Å². The van der Waals surface area contributed by atoms with Crippen molar-refractivity contribution >= 4 is 0 Å². The Bertz CT molecular complexity index is 372. The molecule has 1 rings (SSSR count). The van der Waals surface area contributed by atoms with Crippen molar-refractivity contribution in [2.45, 2.75) is 33.0 Å². The Morgan fingerprint density at radius 1 is 1.12 bits per heavy atom. The van der Waals surface area contributed by atoms with Crippen molar-refractivity contribution in [2.75, 3.05) is 13.2 Å². The zero-order chi connectivity index (χ0) is 12.7. The van der Waals surface area contributed by atoms with Crippen LogP contribution in [0.2, 0.25) is 0 Å². The second kappa shape index (κ2) is 6.39. The molecule has 0 aliphatic carbocycles. The first-order valence-corrected chi connectivity index (χ1v) is 5.90. The van der Waals surface area contributed by atoms with Crippen LogP contribution >= 0.6 is 0 Å². The highest BCUT2D eigenvalue weighted by atomic mass is 16.7. The fraction of sp³-hybridized carbons (Fsp3) is 0.500. The molecule has 0 spiro atoms. The summed E-state index contributed by atoms with van der Waals surface area (Å²) in [7, 11) is 0. The molecule has 0 amide bonds.